The average molecular weight is 344 g/mol. The molecule has 2 saturated heterocycles. The van der Waals surface area contributed by atoms with Crippen LogP contribution in [0.15, 0.2) is 24.3 Å². The van der Waals surface area contributed by atoms with Crippen LogP contribution in [0.25, 0.3) is 0 Å². The van der Waals surface area contributed by atoms with E-state index in [9.17, 15) is 18.3 Å². The van der Waals surface area contributed by atoms with E-state index >= 15 is 0 Å². The molecule has 3 nitrogen and oxygen atoms in total. The third-order valence-electron chi connectivity index (χ3n) is 4.84. The zero-order valence-corrected chi connectivity index (χ0v) is 14.4. The molecule has 0 spiro atoms. The van der Waals surface area contributed by atoms with E-state index in [0.29, 0.717) is 11.7 Å². The third kappa shape index (κ3) is 5.11. The van der Waals surface area contributed by atoms with Gasteiger partial charge in [0.1, 0.15) is 0 Å². The first kappa shape index (κ1) is 19.1. The SMILES string of the molecule is CC1CC(O)CCN1C.FC(F)(F)c1ccccc1N1CCCC1. The first-order chi connectivity index (χ1) is 11.3. The molecule has 2 fully saturated rings. The summed E-state index contributed by atoms with van der Waals surface area (Å²) in [7, 11) is 2.11. The highest BCUT2D eigenvalue weighted by Crippen LogP contribution is 2.37. The van der Waals surface area contributed by atoms with E-state index in [4.69, 9.17) is 0 Å². The van der Waals surface area contributed by atoms with Gasteiger partial charge in [-0.15, -0.1) is 0 Å². The summed E-state index contributed by atoms with van der Waals surface area (Å²) in [6.45, 7) is 4.66. The normalized spacial score (nSPS) is 25.3. The molecule has 1 N–H and O–H groups in total. The van der Waals surface area contributed by atoms with Crippen molar-refractivity contribution in [2.75, 3.05) is 31.6 Å². The van der Waals surface area contributed by atoms with Gasteiger partial charge in [-0.25, -0.2) is 0 Å². The molecule has 1 aromatic rings. The number of likely N-dealkylation sites (tertiary alicyclic amines) is 1. The highest BCUT2D eigenvalue weighted by Gasteiger charge is 2.34. The van der Waals surface area contributed by atoms with Crippen LogP contribution in [0.5, 0.6) is 0 Å². The number of benzene rings is 1. The number of nitrogens with zero attached hydrogens (tertiary/aromatic N) is 2. The molecule has 2 atom stereocenters. The van der Waals surface area contributed by atoms with Crippen molar-refractivity contribution in [2.24, 2.45) is 0 Å². The van der Waals surface area contributed by atoms with Gasteiger partial charge in [0.05, 0.1) is 11.7 Å². The van der Waals surface area contributed by atoms with E-state index in [1.54, 1.807) is 12.1 Å². The van der Waals surface area contributed by atoms with Gasteiger partial charge in [-0.3, -0.25) is 0 Å². The van der Waals surface area contributed by atoms with Crippen LogP contribution in [0.3, 0.4) is 0 Å². The van der Waals surface area contributed by atoms with Crippen molar-refractivity contribution < 1.29 is 18.3 Å². The quantitative estimate of drug-likeness (QED) is 0.840. The second-order valence-corrected chi connectivity index (χ2v) is 6.72. The number of aliphatic hydroxyl groups excluding tert-OH is 1. The molecular weight excluding hydrogens is 317 g/mol. The zero-order valence-electron chi connectivity index (χ0n) is 14.4. The molecule has 0 radical (unpaired) electrons. The summed E-state index contributed by atoms with van der Waals surface area (Å²) < 4.78 is 38.0. The van der Waals surface area contributed by atoms with Crippen LogP contribution in [0.1, 0.15) is 38.2 Å². The number of hydrogen-bond donors (Lipinski definition) is 1. The Morgan fingerprint density at radius 1 is 1.08 bits per heavy atom. The van der Waals surface area contributed by atoms with Gasteiger partial charge in [0.25, 0.3) is 0 Å². The Morgan fingerprint density at radius 3 is 2.25 bits per heavy atom. The van der Waals surface area contributed by atoms with Crippen LogP contribution in [0.2, 0.25) is 0 Å². The lowest BCUT2D eigenvalue weighted by Gasteiger charge is -2.32. The van der Waals surface area contributed by atoms with Crippen molar-refractivity contribution in [3.8, 4) is 0 Å². The van der Waals surface area contributed by atoms with E-state index < -0.39 is 11.7 Å². The molecule has 2 unspecified atom stereocenters. The largest absolute Gasteiger partial charge is 0.418 e. The smallest absolute Gasteiger partial charge is 0.393 e. The first-order valence-corrected chi connectivity index (χ1v) is 8.58. The topological polar surface area (TPSA) is 26.7 Å². The van der Waals surface area contributed by atoms with Gasteiger partial charge in [0, 0.05) is 31.4 Å². The lowest BCUT2D eigenvalue weighted by Crippen LogP contribution is -2.39. The molecule has 0 saturated carbocycles. The highest BCUT2D eigenvalue weighted by atomic mass is 19.4. The predicted octanol–water partition coefficient (Wildman–Crippen LogP) is 3.77. The number of rotatable bonds is 1. The van der Waals surface area contributed by atoms with Crippen molar-refractivity contribution in [3.63, 3.8) is 0 Å². The number of aliphatic hydroxyl groups is 1. The van der Waals surface area contributed by atoms with E-state index in [-0.39, 0.29) is 6.10 Å². The second-order valence-electron chi connectivity index (χ2n) is 6.72. The van der Waals surface area contributed by atoms with Crippen molar-refractivity contribution in [2.45, 2.75) is 50.9 Å². The maximum absolute atomic E-state index is 12.7. The fourth-order valence-electron chi connectivity index (χ4n) is 3.21. The van der Waals surface area contributed by atoms with Gasteiger partial charge in [-0.05, 0) is 51.8 Å². The van der Waals surface area contributed by atoms with Gasteiger partial charge >= 0.3 is 6.18 Å². The van der Waals surface area contributed by atoms with Crippen LogP contribution in [0.4, 0.5) is 18.9 Å². The number of anilines is 1. The third-order valence-corrected chi connectivity index (χ3v) is 4.84. The molecule has 6 heteroatoms. The highest BCUT2D eigenvalue weighted by molar-refractivity contribution is 5.55. The van der Waals surface area contributed by atoms with Gasteiger partial charge in [0.15, 0.2) is 0 Å². The molecule has 24 heavy (non-hydrogen) atoms. The fraction of sp³-hybridized carbons (Fsp3) is 0.667. The van der Waals surface area contributed by atoms with Crippen molar-refractivity contribution >= 4 is 5.69 Å². The Kier molecular flexibility index (Phi) is 6.52. The Hall–Kier alpha value is -1.27. The summed E-state index contributed by atoms with van der Waals surface area (Å²) >= 11 is 0. The van der Waals surface area contributed by atoms with Crippen LogP contribution >= 0.6 is 0 Å². The molecule has 1 aromatic carbocycles. The van der Waals surface area contributed by atoms with Crippen LogP contribution in [0, 0.1) is 0 Å². The van der Waals surface area contributed by atoms with Crippen LogP contribution < -0.4 is 4.90 Å². The predicted molar refractivity (Wildman–Crippen MR) is 90.2 cm³/mol. The molecule has 0 amide bonds. The van der Waals surface area contributed by atoms with E-state index in [0.717, 1.165) is 51.4 Å². The standard InChI is InChI=1S/C11H12F3N.C7H15NO/c12-11(13,14)9-5-1-2-6-10(9)15-7-3-4-8-15;1-6-5-7(9)3-4-8(6)2/h1-2,5-6H,3-4,7-8H2;6-7,9H,3-5H2,1-2H3. The van der Waals surface area contributed by atoms with Gasteiger partial charge in [0.2, 0.25) is 0 Å². The minimum Gasteiger partial charge on any atom is -0.393 e. The number of alkyl halides is 3. The summed E-state index contributed by atoms with van der Waals surface area (Å²) in [5.41, 5.74) is -0.200. The summed E-state index contributed by atoms with van der Waals surface area (Å²) in [4.78, 5) is 4.09. The van der Waals surface area contributed by atoms with Crippen molar-refractivity contribution in [1.29, 1.82) is 0 Å². The minimum absolute atomic E-state index is 0.0452. The maximum Gasteiger partial charge on any atom is 0.418 e. The minimum atomic E-state index is -4.25. The molecule has 0 aliphatic carbocycles. The van der Waals surface area contributed by atoms with Crippen LogP contribution in [-0.2, 0) is 6.18 Å². The lowest BCUT2D eigenvalue weighted by atomic mass is 10.0. The van der Waals surface area contributed by atoms with Gasteiger partial charge < -0.3 is 14.9 Å². The van der Waals surface area contributed by atoms with E-state index in [1.165, 1.54) is 6.07 Å². The Morgan fingerprint density at radius 2 is 1.71 bits per heavy atom. The van der Waals surface area contributed by atoms with Crippen LogP contribution in [-0.4, -0.2) is 48.8 Å². The Bertz CT molecular complexity index is 515. The Balaban J connectivity index is 0.000000198. The number of piperidine rings is 1. The molecule has 2 heterocycles. The maximum atomic E-state index is 12.7. The summed E-state index contributed by atoms with van der Waals surface area (Å²) in [5, 5.41) is 9.17. The molecule has 2 aliphatic rings. The second kappa shape index (κ2) is 8.21. The van der Waals surface area contributed by atoms with E-state index in [1.807, 2.05) is 4.90 Å². The zero-order chi connectivity index (χ0) is 17.7. The number of para-hydroxylation sites is 1. The van der Waals surface area contributed by atoms with Gasteiger partial charge in [-0.2, -0.15) is 13.2 Å². The fourth-order valence-corrected chi connectivity index (χ4v) is 3.21. The van der Waals surface area contributed by atoms with Crippen molar-refractivity contribution in [3.05, 3.63) is 29.8 Å². The summed E-state index contributed by atoms with van der Waals surface area (Å²) in [5.74, 6) is 0. The lowest BCUT2D eigenvalue weighted by molar-refractivity contribution is -0.137. The summed E-state index contributed by atoms with van der Waals surface area (Å²) in [6.07, 6.45) is -0.453. The Labute approximate surface area is 142 Å². The molecule has 2 aliphatic heterocycles. The molecular formula is C18H27F3N2O. The number of hydrogen-bond acceptors (Lipinski definition) is 3. The first-order valence-electron chi connectivity index (χ1n) is 8.58. The van der Waals surface area contributed by atoms with Crippen molar-refractivity contribution in [1.82, 2.24) is 4.90 Å². The number of halogens is 3. The average Bonchev–Trinajstić information content (AvgIpc) is 3.05. The molecule has 136 valence electrons. The monoisotopic (exact) mass is 344 g/mol. The van der Waals surface area contributed by atoms with Gasteiger partial charge in [-0.1, -0.05) is 12.1 Å². The summed E-state index contributed by atoms with van der Waals surface area (Å²) in [6, 6.07) is 6.35. The molecule has 3 rings (SSSR count). The molecule has 0 bridgehead atoms. The molecule has 0 aromatic heterocycles. The van der Waals surface area contributed by atoms with E-state index in [2.05, 4.69) is 18.9 Å².